The summed E-state index contributed by atoms with van der Waals surface area (Å²) in [5.41, 5.74) is 2.71. The molecule has 158 valence electrons. The molecule has 3 aliphatic heterocycles. The molecular formula is C23H28N4O3. The van der Waals surface area contributed by atoms with Crippen molar-refractivity contribution in [2.45, 2.75) is 31.8 Å². The van der Waals surface area contributed by atoms with Gasteiger partial charge in [0.1, 0.15) is 0 Å². The molecule has 0 aliphatic carbocycles. The van der Waals surface area contributed by atoms with Crippen LogP contribution in [0.5, 0.6) is 0 Å². The first-order valence-corrected chi connectivity index (χ1v) is 10.9. The summed E-state index contributed by atoms with van der Waals surface area (Å²) in [4.78, 5) is 34.5. The number of hydrogen-bond donors (Lipinski definition) is 0. The molecule has 2 atom stereocenters. The van der Waals surface area contributed by atoms with Gasteiger partial charge in [0.15, 0.2) is 0 Å². The summed E-state index contributed by atoms with van der Waals surface area (Å²) < 4.78 is 7.51. The smallest absolute Gasteiger partial charge is 0.255 e. The third-order valence-electron chi connectivity index (χ3n) is 6.59. The van der Waals surface area contributed by atoms with Gasteiger partial charge in [-0.25, -0.2) is 0 Å². The van der Waals surface area contributed by atoms with Gasteiger partial charge in [0.2, 0.25) is 0 Å². The zero-order valence-corrected chi connectivity index (χ0v) is 17.2. The van der Waals surface area contributed by atoms with E-state index in [0.29, 0.717) is 37.7 Å². The third kappa shape index (κ3) is 3.79. The molecule has 1 amide bonds. The van der Waals surface area contributed by atoms with E-state index in [9.17, 15) is 9.59 Å². The van der Waals surface area contributed by atoms with E-state index in [1.54, 1.807) is 18.5 Å². The highest BCUT2D eigenvalue weighted by atomic mass is 16.5. The van der Waals surface area contributed by atoms with Crippen LogP contribution in [0.2, 0.25) is 0 Å². The fourth-order valence-corrected chi connectivity index (χ4v) is 5.15. The second-order valence-electron chi connectivity index (χ2n) is 8.69. The maximum absolute atomic E-state index is 13.3. The molecule has 2 aromatic heterocycles. The molecule has 0 saturated carbocycles. The Morgan fingerprint density at radius 1 is 1.13 bits per heavy atom. The van der Waals surface area contributed by atoms with Crippen molar-refractivity contribution in [3.05, 3.63) is 63.8 Å². The lowest BCUT2D eigenvalue weighted by Gasteiger charge is -2.43. The molecule has 2 saturated heterocycles. The Balaban J connectivity index is 1.36. The lowest BCUT2D eigenvalue weighted by Crippen LogP contribution is -2.49. The van der Waals surface area contributed by atoms with Crippen LogP contribution in [0.25, 0.3) is 0 Å². The summed E-state index contributed by atoms with van der Waals surface area (Å²) in [6.07, 6.45) is 5.36. The molecule has 0 spiro atoms. The quantitative estimate of drug-likeness (QED) is 0.774. The van der Waals surface area contributed by atoms with Crippen LogP contribution in [0.4, 0.5) is 0 Å². The minimum Gasteiger partial charge on any atom is -0.380 e. The van der Waals surface area contributed by atoms with Crippen molar-refractivity contribution < 1.29 is 9.53 Å². The van der Waals surface area contributed by atoms with Gasteiger partial charge < -0.3 is 14.2 Å². The first-order valence-electron chi connectivity index (χ1n) is 10.9. The molecule has 5 heterocycles. The van der Waals surface area contributed by atoms with Gasteiger partial charge in [0.05, 0.1) is 12.2 Å². The summed E-state index contributed by atoms with van der Waals surface area (Å²) in [5, 5.41) is 0. The predicted molar refractivity (Wildman–Crippen MR) is 112 cm³/mol. The van der Waals surface area contributed by atoms with E-state index in [1.165, 1.54) is 0 Å². The number of pyridine rings is 2. The van der Waals surface area contributed by atoms with Crippen molar-refractivity contribution in [1.82, 2.24) is 19.4 Å². The Kier molecular flexibility index (Phi) is 5.39. The summed E-state index contributed by atoms with van der Waals surface area (Å²) in [6, 6.07) is 7.73. The molecule has 2 aromatic rings. The predicted octanol–water partition coefficient (Wildman–Crippen LogP) is 1.73. The molecule has 5 rings (SSSR count). The second kappa shape index (κ2) is 8.32. The van der Waals surface area contributed by atoms with Crippen LogP contribution in [0.15, 0.2) is 41.5 Å². The van der Waals surface area contributed by atoms with E-state index >= 15 is 0 Å². The largest absolute Gasteiger partial charge is 0.380 e. The fourth-order valence-electron chi connectivity index (χ4n) is 5.15. The SMILES string of the molecule is O=C(c1cccnc1)N1C[C@@H]2C[C@H](C1)c1ccc(CN3CCCOCC3)c(=O)n1C2. The molecule has 0 aromatic carbocycles. The van der Waals surface area contributed by atoms with Gasteiger partial charge in [-0.05, 0) is 37.0 Å². The average Bonchev–Trinajstić information content (AvgIpc) is 3.05. The number of likely N-dealkylation sites (tertiary alicyclic amines) is 1. The van der Waals surface area contributed by atoms with Gasteiger partial charge in [-0.1, -0.05) is 6.07 Å². The zero-order chi connectivity index (χ0) is 20.5. The minimum absolute atomic E-state index is 0.0357. The number of aromatic nitrogens is 2. The number of ether oxygens (including phenoxy) is 1. The minimum atomic E-state index is 0.0357. The van der Waals surface area contributed by atoms with Crippen molar-refractivity contribution in [1.29, 1.82) is 0 Å². The maximum atomic E-state index is 13.3. The highest BCUT2D eigenvalue weighted by Crippen LogP contribution is 2.35. The van der Waals surface area contributed by atoms with Crippen LogP contribution < -0.4 is 5.56 Å². The van der Waals surface area contributed by atoms with E-state index in [-0.39, 0.29) is 17.4 Å². The highest BCUT2D eigenvalue weighted by Gasteiger charge is 2.37. The van der Waals surface area contributed by atoms with E-state index in [4.69, 9.17) is 4.74 Å². The number of carbonyl (C=O) groups is 1. The fraction of sp³-hybridized carbons (Fsp3) is 0.522. The van der Waals surface area contributed by atoms with Gasteiger partial charge in [0, 0.05) is 75.4 Å². The van der Waals surface area contributed by atoms with Crippen LogP contribution in [0, 0.1) is 5.92 Å². The summed E-state index contributed by atoms with van der Waals surface area (Å²) in [5.74, 6) is 0.566. The summed E-state index contributed by atoms with van der Waals surface area (Å²) in [6.45, 7) is 6.11. The Labute approximate surface area is 176 Å². The van der Waals surface area contributed by atoms with Gasteiger partial charge in [-0.2, -0.15) is 0 Å². The number of amides is 1. The Morgan fingerprint density at radius 3 is 2.93 bits per heavy atom. The number of piperidine rings is 1. The number of rotatable bonds is 3. The Morgan fingerprint density at radius 2 is 2.07 bits per heavy atom. The number of nitrogens with zero attached hydrogens (tertiary/aromatic N) is 4. The standard InChI is InChI=1S/C23H28N4O3/c28-22(18-3-1-6-24-12-18)26-13-17-11-20(16-26)21-5-4-19(23(29)27(21)14-17)15-25-7-2-9-30-10-8-25/h1,3-6,12,17,20H,2,7-11,13-16H2/t17-,20+/m0/s1. The van der Waals surface area contributed by atoms with Crippen LogP contribution >= 0.6 is 0 Å². The molecule has 2 fully saturated rings. The number of fused-ring (bicyclic) bond motifs is 4. The summed E-state index contributed by atoms with van der Waals surface area (Å²) in [7, 11) is 0. The Bertz CT molecular complexity index is 966. The van der Waals surface area contributed by atoms with E-state index < -0.39 is 0 Å². The van der Waals surface area contributed by atoms with Crippen molar-refractivity contribution in [3.8, 4) is 0 Å². The van der Waals surface area contributed by atoms with Crippen molar-refractivity contribution >= 4 is 5.91 Å². The molecule has 3 aliphatic rings. The van der Waals surface area contributed by atoms with Crippen molar-refractivity contribution in [2.75, 3.05) is 39.4 Å². The van der Waals surface area contributed by atoms with Crippen LogP contribution in [0.3, 0.4) is 0 Å². The average molecular weight is 409 g/mol. The van der Waals surface area contributed by atoms with Crippen molar-refractivity contribution in [3.63, 3.8) is 0 Å². The zero-order valence-electron chi connectivity index (χ0n) is 17.2. The van der Waals surface area contributed by atoms with Crippen molar-refractivity contribution in [2.24, 2.45) is 5.92 Å². The van der Waals surface area contributed by atoms with Gasteiger partial charge >= 0.3 is 0 Å². The normalized spacial score (nSPS) is 24.2. The van der Waals surface area contributed by atoms with Crippen LogP contribution in [-0.2, 0) is 17.8 Å². The first-order chi connectivity index (χ1) is 14.7. The lowest BCUT2D eigenvalue weighted by atomic mass is 9.82. The topological polar surface area (TPSA) is 67.7 Å². The summed E-state index contributed by atoms with van der Waals surface area (Å²) >= 11 is 0. The molecule has 2 bridgehead atoms. The molecule has 7 nitrogen and oxygen atoms in total. The number of hydrogen-bond acceptors (Lipinski definition) is 5. The number of carbonyl (C=O) groups excluding carboxylic acids is 1. The maximum Gasteiger partial charge on any atom is 0.255 e. The second-order valence-corrected chi connectivity index (χ2v) is 8.69. The first kappa shape index (κ1) is 19.5. The van der Waals surface area contributed by atoms with Gasteiger partial charge in [-0.3, -0.25) is 19.5 Å². The van der Waals surface area contributed by atoms with Crippen LogP contribution in [-0.4, -0.2) is 64.7 Å². The molecule has 30 heavy (non-hydrogen) atoms. The lowest BCUT2D eigenvalue weighted by molar-refractivity contribution is 0.0593. The van der Waals surface area contributed by atoms with Gasteiger partial charge in [-0.15, -0.1) is 0 Å². The molecule has 7 heteroatoms. The van der Waals surface area contributed by atoms with E-state index in [0.717, 1.165) is 50.4 Å². The van der Waals surface area contributed by atoms with E-state index in [2.05, 4.69) is 16.0 Å². The van der Waals surface area contributed by atoms with E-state index in [1.807, 2.05) is 21.6 Å². The third-order valence-corrected chi connectivity index (χ3v) is 6.59. The molecule has 0 N–H and O–H groups in total. The van der Waals surface area contributed by atoms with Gasteiger partial charge in [0.25, 0.3) is 11.5 Å². The Hall–Kier alpha value is -2.51. The molecule has 0 radical (unpaired) electrons. The molecule has 0 unspecified atom stereocenters. The molecular weight excluding hydrogens is 380 g/mol. The highest BCUT2D eigenvalue weighted by molar-refractivity contribution is 5.94. The van der Waals surface area contributed by atoms with Crippen LogP contribution in [0.1, 0.15) is 40.4 Å². The monoisotopic (exact) mass is 408 g/mol.